The summed E-state index contributed by atoms with van der Waals surface area (Å²) in [6, 6.07) is 8.18. The Morgan fingerprint density at radius 2 is 1.55 bits per heavy atom. The van der Waals surface area contributed by atoms with Crippen molar-refractivity contribution in [1.82, 2.24) is 15.0 Å². The maximum atomic E-state index is 5.45. The molecule has 1 N–H and O–H groups in total. The summed E-state index contributed by atoms with van der Waals surface area (Å²) in [7, 11) is 4.05. The summed E-state index contributed by atoms with van der Waals surface area (Å²) in [5.41, 5.74) is 5.14. The second-order valence-corrected chi connectivity index (χ2v) is 7.41. The molecule has 0 bridgehead atoms. The number of morpholine rings is 1. The molecule has 2 aliphatic heterocycles. The lowest BCUT2D eigenvalue weighted by molar-refractivity contribution is 0.122. The topological polar surface area (TPSA) is 82.0 Å². The van der Waals surface area contributed by atoms with E-state index >= 15 is 0 Å². The Kier molecular flexibility index (Phi) is 6.04. The number of hydrogen-bond donors (Lipinski definition) is 1. The van der Waals surface area contributed by atoms with Gasteiger partial charge in [0.15, 0.2) is 0 Å². The third kappa shape index (κ3) is 4.92. The van der Waals surface area contributed by atoms with E-state index in [1.54, 1.807) is 6.21 Å². The molecule has 0 atom stereocenters. The molecule has 29 heavy (non-hydrogen) atoms. The number of hydrogen-bond acceptors (Lipinski definition) is 9. The van der Waals surface area contributed by atoms with Gasteiger partial charge in [-0.1, -0.05) is 12.1 Å². The molecule has 0 spiro atoms. The predicted molar refractivity (Wildman–Crippen MR) is 116 cm³/mol. The minimum Gasteiger partial charge on any atom is -0.378 e. The van der Waals surface area contributed by atoms with Crippen molar-refractivity contribution in [2.45, 2.75) is 12.8 Å². The molecule has 0 unspecified atom stereocenters. The SMILES string of the molecule is CN(C)c1ccc(/C=N\Nc2nc(N3CCCC3)nc(N3CCOCC3)n2)cc1. The number of hydrazone groups is 1. The first-order valence-electron chi connectivity index (χ1n) is 10.1. The van der Waals surface area contributed by atoms with E-state index in [1.165, 1.54) is 12.8 Å². The maximum Gasteiger partial charge on any atom is 0.250 e. The molecule has 1 aromatic heterocycles. The number of benzene rings is 1. The van der Waals surface area contributed by atoms with E-state index in [9.17, 15) is 0 Å². The molecule has 0 saturated carbocycles. The highest BCUT2D eigenvalue weighted by atomic mass is 16.5. The van der Waals surface area contributed by atoms with Crippen LogP contribution in [0, 0.1) is 0 Å². The normalized spacial score (nSPS) is 17.2. The number of anilines is 4. The lowest BCUT2D eigenvalue weighted by atomic mass is 10.2. The molecule has 9 nitrogen and oxygen atoms in total. The summed E-state index contributed by atoms with van der Waals surface area (Å²) >= 11 is 0. The van der Waals surface area contributed by atoms with Gasteiger partial charge in [0.25, 0.3) is 0 Å². The Labute approximate surface area is 171 Å². The Morgan fingerprint density at radius 1 is 0.931 bits per heavy atom. The first kappa shape index (κ1) is 19.4. The van der Waals surface area contributed by atoms with E-state index in [-0.39, 0.29) is 0 Å². The van der Waals surface area contributed by atoms with Crippen LogP contribution >= 0.6 is 0 Å². The fourth-order valence-electron chi connectivity index (χ4n) is 3.39. The Hall–Kier alpha value is -2.94. The monoisotopic (exact) mass is 396 g/mol. The van der Waals surface area contributed by atoms with Gasteiger partial charge < -0.3 is 19.4 Å². The van der Waals surface area contributed by atoms with Crippen LogP contribution in [0.5, 0.6) is 0 Å². The van der Waals surface area contributed by atoms with Crippen molar-refractivity contribution in [2.24, 2.45) is 5.10 Å². The second-order valence-electron chi connectivity index (χ2n) is 7.41. The van der Waals surface area contributed by atoms with Gasteiger partial charge in [-0.25, -0.2) is 5.43 Å². The smallest absolute Gasteiger partial charge is 0.250 e. The minimum atomic E-state index is 0.463. The zero-order valence-corrected chi connectivity index (χ0v) is 17.1. The highest BCUT2D eigenvalue weighted by molar-refractivity contribution is 5.80. The highest BCUT2D eigenvalue weighted by Crippen LogP contribution is 2.21. The molecule has 2 fully saturated rings. The third-order valence-electron chi connectivity index (χ3n) is 5.08. The molecule has 2 aliphatic rings. The summed E-state index contributed by atoms with van der Waals surface area (Å²) in [5, 5.41) is 4.34. The van der Waals surface area contributed by atoms with Gasteiger partial charge in [-0.15, -0.1) is 0 Å². The van der Waals surface area contributed by atoms with E-state index in [0.29, 0.717) is 31.1 Å². The molecular formula is C20H28N8O. The molecule has 0 radical (unpaired) electrons. The summed E-state index contributed by atoms with van der Waals surface area (Å²) in [6.07, 6.45) is 4.11. The van der Waals surface area contributed by atoms with Crippen molar-refractivity contribution in [3.63, 3.8) is 0 Å². The van der Waals surface area contributed by atoms with Crippen LogP contribution < -0.4 is 20.1 Å². The van der Waals surface area contributed by atoms with Gasteiger partial charge in [0.2, 0.25) is 17.8 Å². The van der Waals surface area contributed by atoms with Crippen molar-refractivity contribution >= 4 is 29.7 Å². The molecule has 3 heterocycles. The summed E-state index contributed by atoms with van der Waals surface area (Å²) in [5.74, 6) is 1.86. The molecule has 0 amide bonds. The Morgan fingerprint density at radius 3 is 2.17 bits per heavy atom. The highest BCUT2D eigenvalue weighted by Gasteiger charge is 2.21. The second kappa shape index (κ2) is 9.04. The van der Waals surface area contributed by atoms with E-state index in [0.717, 1.165) is 37.4 Å². The van der Waals surface area contributed by atoms with Crippen molar-refractivity contribution in [1.29, 1.82) is 0 Å². The van der Waals surface area contributed by atoms with Gasteiger partial charge in [0.1, 0.15) is 0 Å². The maximum absolute atomic E-state index is 5.45. The van der Waals surface area contributed by atoms with Gasteiger partial charge >= 0.3 is 0 Å². The van der Waals surface area contributed by atoms with Gasteiger partial charge in [-0.3, -0.25) is 0 Å². The summed E-state index contributed by atoms with van der Waals surface area (Å²) in [6.45, 7) is 4.90. The summed E-state index contributed by atoms with van der Waals surface area (Å²) in [4.78, 5) is 20.3. The number of nitrogens with zero attached hydrogens (tertiary/aromatic N) is 7. The van der Waals surface area contributed by atoms with Crippen LogP contribution in [0.25, 0.3) is 0 Å². The van der Waals surface area contributed by atoms with Crippen LogP contribution in [0.15, 0.2) is 29.4 Å². The van der Waals surface area contributed by atoms with Gasteiger partial charge in [0, 0.05) is 46.0 Å². The molecule has 9 heteroatoms. The van der Waals surface area contributed by atoms with E-state index in [1.807, 2.05) is 26.2 Å². The van der Waals surface area contributed by atoms with Crippen molar-refractivity contribution < 1.29 is 4.74 Å². The Balaban J connectivity index is 1.51. The first-order chi connectivity index (χ1) is 14.2. The van der Waals surface area contributed by atoms with Gasteiger partial charge in [-0.05, 0) is 30.5 Å². The zero-order chi connectivity index (χ0) is 20.1. The fraction of sp³-hybridized carbons (Fsp3) is 0.500. The largest absolute Gasteiger partial charge is 0.378 e. The average Bonchev–Trinajstić information content (AvgIpc) is 3.30. The van der Waals surface area contributed by atoms with E-state index < -0.39 is 0 Å². The van der Waals surface area contributed by atoms with Crippen molar-refractivity contribution in [2.75, 3.05) is 73.6 Å². The van der Waals surface area contributed by atoms with Crippen LogP contribution in [0.4, 0.5) is 23.5 Å². The molecule has 0 aliphatic carbocycles. The van der Waals surface area contributed by atoms with Crippen molar-refractivity contribution in [3.05, 3.63) is 29.8 Å². The molecule has 1 aromatic carbocycles. The number of nitrogens with one attached hydrogen (secondary N) is 1. The quantitative estimate of drug-likeness (QED) is 0.585. The molecule has 2 aromatic rings. The first-order valence-corrected chi connectivity index (χ1v) is 10.1. The molecule has 2 saturated heterocycles. The third-order valence-corrected chi connectivity index (χ3v) is 5.08. The number of aromatic nitrogens is 3. The number of rotatable bonds is 6. The van der Waals surface area contributed by atoms with Gasteiger partial charge in [0.05, 0.1) is 19.4 Å². The zero-order valence-electron chi connectivity index (χ0n) is 17.1. The molecule has 154 valence electrons. The van der Waals surface area contributed by atoms with Crippen LogP contribution in [0.2, 0.25) is 0 Å². The lowest BCUT2D eigenvalue weighted by Gasteiger charge is -2.27. The predicted octanol–water partition coefficient (Wildman–Crippen LogP) is 1.82. The Bertz CT molecular complexity index is 827. The molecule has 4 rings (SSSR count). The van der Waals surface area contributed by atoms with E-state index in [2.05, 4.69) is 47.3 Å². The van der Waals surface area contributed by atoms with Crippen LogP contribution in [0.1, 0.15) is 18.4 Å². The average molecular weight is 396 g/mol. The van der Waals surface area contributed by atoms with Crippen LogP contribution in [-0.2, 0) is 4.74 Å². The van der Waals surface area contributed by atoms with E-state index in [4.69, 9.17) is 9.72 Å². The van der Waals surface area contributed by atoms with Crippen molar-refractivity contribution in [3.8, 4) is 0 Å². The van der Waals surface area contributed by atoms with Crippen LogP contribution in [-0.4, -0.2) is 74.7 Å². The molecular weight excluding hydrogens is 368 g/mol. The van der Waals surface area contributed by atoms with Gasteiger partial charge in [-0.2, -0.15) is 20.1 Å². The summed E-state index contributed by atoms with van der Waals surface area (Å²) < 4.78 is 5.45. The lowest BCUT2D eigenvalue weighted by Crippen LogP contribution is -2.38. The van der Waals surface area contributed by atoms with Crippen LogP contribution in [0.3, 0.4) is 0 Å². The fourth-order valence-corrected chi connectivity index (χ4v) is 3.39. The number of ether oxygens (including phenoxy) is 1. The standard InChI is InChI=1S/C20H28N8O/c1-26(2)17-7-5-16(6-8-17)15-21-25-18-22-19(27-9-3-4-10-27)24-20(23-18)28-11-13-29-14-12-28/h5-8,15H,3-4,9-14H2,1-2H3,(H,22,23,24,25)/b21-15-. The minimum absolute atomic E-state index is 0.463.